The fourth-order valence-corrected chi connectivity index (χ4v) is 4.86. The summed E-state index contributed by atoms with van der Waals surface area (Å²) in [6.45, 7) is 3.59. The van der Waals surface area contributed by atoms with Crippen LogP contribution in [0.3, 0.4) is 0 Å². The lowest BCUT2D eigenvalue weighted by Crippen LogP contribution is -2.62. The van der Waals surface area contributed by atoms with E-state index >= 15 is 0 Å². The number of likely N-dealkylation sites (tertiary alicyclic amines) is 1. The van der Waals surface area contributed by atoms with Gasteiger partial charge >= 0.3 is 0 Å². The second kappa shape index (κ2) is 6.30. The van der Waals surface area contributed by atoms with E-state index in [1.54, 1.807) is 18.4 Å². The maximum absolute atomic E-state index is 12.6. The van der Waals surface area contributed by atoms with Crippen LogP contribution in [0.1, 0.15) is 47.8 Å². The Balaban J connectivity index is 1.62. The molecule has 1 aliphatic heterocycles. The molecule has 1 saturated heterocycles. The number of carbonyl (C=O) groups excluding carboxylic acids is 1. The highest BCUT2D eigenvalue weighted by molar-refractivity contribution is 7.10. The van der Waals surface area contributed by atoms with Crippen molar-refractivity contribution in [2.24, 2.45) is 5.41 Å². The van der Waals surface area contributed by atoms with Crippen LogP contribution in [0.2, 0.25) is 0 Å². The molecule has 2 heterocycles. The standard InChI is InChI=1S/C17H25NO3S/c1-3-4-13-9-12(11-22-13)16(20)18-7-5-17(6-8-18)14(19)10-15(17)21-2/h9,11,14-15,19H,3-8,10H2,1-2H3/t14-,15+/m1/s1. The number of aryl methyl sites for hydroxylation is 1. The lowest BCUT2D eigenvalue weighted by Gasteiger charge is -2.56. The van der Waals surface area contributed by atoms with Crippen LogP contribution in [0.5, 0.6) is 0 Å². The molecule has 1 aromatic rings. The summed E-state index contributed by atoms with van der Waals surface area (Å²) in [5.41, 5.74) is 0.704. The minimum absolute atomic E-state index is 0.118. The molecule has 0 unspecified atom stereocenters. The first-order valence-electron chi connectivity index (χ1n) is 8.18. The smallest absolute Gasteiger partial charge is 0.254 e. The first kappa shape index (κ1) is 16.0. The van der Waals surface area contributed by atoms with Gasteiger partial charge < -0.3 is 14.7 Å². The van der Waals surface area contributed by atoms with E-state index in [1.165, 1.54) is 4.88 Å². The number of aliphatic hydroxyl groups is 1. The van der Waals surface area contributed by atoms with Crippen LogP contribution in [0, 0.1) is 5.41 Å². The zero-order valence-electron chi connectivity index (χ0n) is 13.4. The summed E-state index contributed by atoms with van der Waals surface area (Å²) in [5.74, 6) is 0.135. The summed E-state index contributed by atoms with van der Waals surface area (Å²) in [6.07, 6.45) is 4.44. The Labute approximate surface area is 136 Å². The Bertz CT molecular complexity index is 534. The number of ether oxygens (including phenoxy) is 1. The molecule has 4 nitrogen and oxygen atoms in total. The number of nitrogens with zero attached hydrogens (tertiary/aromatic N) is 1. The second-order valence-corrected chi connectivity index (χ2v) is 7.55. The van der Waals surface area contributed by atoms with Crippen LogP contribution in [-0.2, 0) is 11.2 Å². The molecule has 1 N–H and O–H groups in total. The number of hydrogen-bond donors (Lipinski definition) is 1. The number of carbonyl (C=O) groups is 1. The number of hydrogen-bond acceptors (Lipinski definition) is 4. The van der Waals surface area contributed by atoms with Crippen molar-refractivity contribution in [2.75, 3.05) is 20.2 Å². The Morgan fingerprint density at radius 2 is 2.23 bits per heavy atom. The fourth-order valence-electron chi connectivity index (χ4n) is 3.89. The molecule has 2 atom stereocenters. The van der Waals surface area contributed by atoms with Crippen LogP contribution in [0.4, 0.5) is 0 Å². The SMILES string of the molecule is CCCc1cc(C(=O)N2CCC3(CC2)[C@H](O)C[C@@H]3OC)cs1. The van der Waals surface area contributed by atoms with Gasteiger partial charge in [0.1, 0.15) is 0 Å². The topological polar surface area (TPSA) is 49.8 Å². The minimum atomic E-state index is -0.271. The number of piperidine rings is 1. The molecule has 0 aromatic carbocycles. The molecular formula is C17H25NO3S. The molecule has 2 fully saturated rings. The zero-order valence-corrected chi connectivity index (χ0v) is 14.2. The van der Waals surface area contributed by atoms with Gasteiger partial charge in [-0.25, -0.2) is 0 Å². The summed E-state index contributed by atoms with van der Waals surface area (Å²) < 4.78 is 5.50. The molecule has 122 valence electrons. The van der Waals surface area contributed by atoms with Crippen LogP contribution in [0.15, 0.2) is 11.4 Å². The van der Waals surface area contributed by atoms with Crippen molar-refractivity contribution in [3.05, 3.63) is 21.9 Å². The van der Waals surface area contributed by atoms with E-state index < -0.39 is 0 Å². The van der Waals surface area contributed by atoms with Gasteiger partial charge in [-0.05, 0) is 25.3 Å². The molecule has 5 heteroatoms. The van der Waals surface area contributed by atoms with Gasteiger partial charge in [0.25, 0.3) is 5.91 Å². The van der Waals surface area contributed by atoms with Crippen molar-refractivity contribution in [3.8, 4) is 0 Å². The maximum atomic E-state index is 12.6. The monoisotopic (exact) mass is 323 g/mol. The van der Waals surface area contributed by atoms with Gasteiger partial charge in [0.05, 0.1) is 17.8 Å². The van der Waals surface area contributed by atoms with Crippen LogP contribution < -0.4 is 0 Å². The van der Waals surface area contributed by atoms with Crippen LogP contribution >= 0.6 is 11.3 Å². The van der Waals surface area contributed by atoms with Gasteiger partial charge in [0.2, 0.25) is 0 Å². The van der Waals surface area contributed by atoms with Gasteiger partial charge in [-0.3, -0.25) is 4.79 Å². The molecule has 22 heavy (non-hydrogen) atoms. The summed E-state index contributed by atoms with van der Waals surface area (Å²) in [4.78, 5) is 15.8. The lowest BCUT2D eigenvalue weighted by atomic mass is 9.58. The van der Waals surface area contributed by atoms with Crippen molar-refractivity contribution < 1.29 is 14.6 Å². The van der Waals surface area contributed by atoms with E-state index in [9.17, 15) is 9.90 Å². The molecule has 1 aromatic heterocycles. The molecule has 2 aliphatic rings. The first-order valence-corrected chi connectivity index (χ1v) is 9.06. The third kappa shape index (κ3) is 2.59. The van der Waals surface area contributed by atoms with Crippen LogP contribution in [0.25, 0.3) is 0 Å². The minimum Gasteiger partial charge on any atom is -0.392 e. The Kier molecular flexibility index (Phi) is 4.57. The van der Waals surface area contributed by atoms with E-state index in [0.717, 1.165) is 37.7 Å². The van der Waals surface area contributed by atoms with Crippen molar-refractivity contribution >= 4 is 17.2 Å². The fraction of sp³-hybridized carbons (Fsp3) is 0.706. The van der Waals surface area contributed by atoms with Gasteiger partial charge in [-0.15, -0.1) is 11.3 Å². The van der Waals surface area contributed by atoms with Crippen LogP contribution in [-0.4, -0.2) is 48.3 Å². The molecule has 3 rings (SSSR count). The third-order valence-electron chi connectivity index (χ3n) is 5.41. The molecular weight excluding hydrogens is 298 g/mol. The Hall–Kier alpha value is -0.910. The number of thiophene rings is 1. The molecule has 1 aliphatic carbocycles. The number of rotatable bonds is 4. The van der Waals surface area contributed by atoms with E-state index in [4.69, 9.17) is 4.74 Å². The predicted molar refractivity (Wildman–Crippen MR) is 87.3 cm³/mol. The van der Waals surface area contributed by atoms with Gasteiger partial charge in [0.15, 0.2) is 0 Å². The molecule has 1 spiro atoms. The number of aliphatic hydroxyl groups excluding tert-OH is 1. The van der Waals surface area contributed by atoms with E-state index in [1.807, 2.05) is 16.3 Å². The summed E-state index contributed by atoms with van der Waals surface area (Å²) >= 11 is 1.68. The highest BCUT2D eigenvalue weighted by Gasteiger charge is 2.56. The van der Waals surface area contributed by atoms with Gasteiger partial charge in [-0.2, -0.15) is 0 Å². The molecule has 0 radical (unpaired) electrons. The van der Waals surface area contributed by atoms with E-state index in [0.29, 0.717) is 13.1 Å². The Morgan fingerprint density at radius 3 is 2.82 bits per heavy atom. The van der Waals surface area contributed by atoms with Crippen molar-refractivity contribution in [2.45, 2.75) is 51.2 Å². The average molecular weight is 323 g/mol. The molecule has 1 amide bonds. The number of amides is 1. The quantitative estimate of drug-likeness (QED) is 0.927. The highest BCUT2D eigenvalue weighted by atomic mass is 32.1. The summed E-state index contributed by atoms with van der Waals surface area (Å²) in [7, 11) is 1.72. The average Bonchev–Trinajstić information content (AvgIpc) is 3.00. The predicted octanol–water partition coefficient (Wildman–Crippen LogP) is 2.70. The number of methoxy groups -OCH3 is 1. The van der Waals surface area contributed by atoms with Crippen molar-refractivity contribution in [1.29, 1.82) is 0 Å². The summed E-state index contributed by atoms with van der Waals surface area (Å²) in [6, 6.07) is 2.04. The normalized spacial score (nSPS) is 27.0. The summed E-state index contributed by atoms with van der Waals surface area (Å²) in [5, 5.41) is 12.1. The Morgan fingerprint density at radius 1 is 1.50 bits per heavy atom. The van der Waals surface area contributed by atoms with E-state index in [2.05, 4.69) is 6.92 Å². The molecule has 1 saturated carbocycles. The van der Waals surface area contributed by atoms with Crippen molar-refractivity contribution in [1.82, 2.24) is 4.90 Å². The zero-order chi connectivity index (χ0) is 15.7. The molecule has 0 bridgehead atoms. The highest BCUT2D eigenvalue weighted by Crippen LogP contribution is 2.50. The maximum Gasteiger partial charge on any atom is 0.254 e. The van der Waals surface area contributed by atoms with Crippen molar-refractivity contribution in [3.63, 3.8) is 0 Å². The largest absolute Gasteiger partial charge is 0.392 e. The van der Waals surface area contributed by atoms with E-state index in [-0.39, 0.29) is 23.5 Å². The van der Waals surface area contributed by atoms with Gasteiger partial charge in [-0.1, -0.05) is 13.3 Å². The second-order valence-electron chi connectivity index (χ2n) is 6.55. The van der Waals surface area contributed by atoms with Gasteiger partial charge in [0, 0.05) is 42.3 Å². The lowest BCUT2D eigenvalue weighted by molar-refractivity contribution is -0.199. The first-order chi connectivity index (χ1) is 10.6. The third-order valence-corrected chi connectivity index (χ3v) is 6.40.